The van der Waals surface area contributed by atoms with Gasteiger partial charge in [-0.15, -0.1) is 35.3 Å². The molecule has 26 heavy (non-hydrogen) atoms. The van der Waals surface area contributed by atoms with Crippen molar-refractivity contribution < 1.29 is 9.13 Å². The molecule has 5 nitrogen and oxygen atoms in total. The van der Waals surface area contributed by atoms with Crippen molar-refractivity contribution in [2.75, 3.05) is 19.7 Å². The van der Waals surface area contributed by atoms with Gasteiger partial charge in [-0.05, 0) is 51.5 Å². The van der Waals surface area contributed by atoms with Gasteiger partial charge < -0.3 is 15.4 Å². The van der Waals surface area contributed by atoms with Crippen LogP contribution in [0.4, 0.5) is 4.39 Å². The number of rotatable bonds is 8. The van der Waals surface area contributed by atoms with Gasteiger partial charge >= 0.3 is 0 Å². The summed E-state index contributed by atoms with van der Waals surface area (Å²) >= 11 is 1.68. The predicted octanol–water partition coefficient (Wildman–Crippen LogP) is 4.04. The Morgan fingerprint density at radius 2 is 1.96 bits per heavy atom. The van der Waals surface area contributed by atoms with Crippen molar-refractivity contribution in [3.8, 4) is 5.75 Å². The lowest BCUT2D eigenvalue weighted by atomic mass is 10.3. The van der Waals surface area contributed by atoms with Crippen molar-refractivity contribution in [1.82, 2.24) is 15.6 Å². The molecule has 1 aromatic carbocycles. The van der Waals surface area contributed by atoms with Gasteiger partial charge in [0, 0.05) is 18.0 Å². The molecule has 0 radical (unpaired) electrons. The number of hydrogen-bond acceptors (Lipinski definition) is 4. The average Bonchev–Trinajstić information content (AvgIpc) is 2.91. The Labute approximate surface area is 175 Å². The van der Waals surface area contributed by atoms with Gasteiger partial charge in [-0.1, -0.05) is 0 Å². The van der Waals surface area contributed by atoms with Gasteiger partial charge in [0.2, 0.25) is 0 Å². The first kappa shape index (κ1) is 22.6. The van der Waals surface area contributed by atoms with E-state index < -0.39 is 0 Å². The molecule has 0 amide bonds. The number of aromatic nitrogens is 1. The highest BCUT2D eigenvalue weighted by Gasteiger charge is 2.04. The molecular weight excluding hydrogens is 466 g/mol. The monoisotopic (exact) mass is 492 g/mol. The molecule has 0 aliphatic rings. The molecular formula is C18H26FIN4OS. The van der Waals surface area contributed by atoms with E-state index in [1.807, 2.05) is 20.8 Å². The van der Waals surface area contributed by atoms with E-state index >= 15 is 0 Å². The molecule has 1 heterocycles. The van der Waals surface area contributed by atoms with Crippen LogP contribution in [-0.4, -0.2) is 30.6 Å². The molecule has 8 heteroatoms. The Kier molecular flexibility index (Phi) is 10.5. The van der Waals surface area contributed by atoms with Crippen molar-refractivity contribution in [3.05, 3.63) is 45.7 Å². The molecule has 0 spiro atoms. The number of aryl methyl sites for hydroxylation is 2. The zero-order valence-corrected chi connectivity index (χ0v) is 18.5. The number of guanidine groups is 1. The van der Waals surface area contributed by atoms with E-state index in [1.54, 1.807) is 23.5 Å². The fourth-order valence-corrected chi connectivity index (χ4v) is 3.07. The molecule has 0 fully saturated rings. The molecule has 0 saturated heterocycles. The van der Waals surface area contributed by atoms with Gasteiger partial charge in [-0.3, -0.25) is 0 Å². The number of halogens is 2. The minimum Gasteiger partial charge on any atom is -0.494 e. The smallest absolute Gasteiger partial charge is 0.191 e. The number of nitrogens with one attached hydrogen (secondary N) is 2. The molecule has 0 unspecified atom stereocenters. The number of thiazole rings is 1. The first-order valence-corrected chi connectivity index (χ1v) is 9.23. The Balaban J connectivity index is 0.00000338. The Hall–Kier alpha value is -1.42. The van der Waals surface area contributed by atoms with Crippen LogP contribution in [0.5, 0.6) is 5.75 Å². The summed E-state index contributed by atoms with van der Waals surface area (Å²) in [4.78, 5) is 10.2. The van der Waals surface area contributed by atoms with Crippen LogP contribution in [0.25, 0.3) is 0 Å². The SMILES string of the molecule is CCNC(=NCc1sc(C)nc1C)NCCCOc1ccc(F)cc1.I. The molecule has 0 aliphatic heterocycles. The van der Waals surface area contributed by atoms with Crippen LogP contribution in [0.15, 0.2) is 29.3 Å². The van der Waals surface area contributed by atoms with Crippen molar-refractivity contribution in [2.24, 2.45) is 4.99 Å². The van der Waals surface area contributed by atoms with Crippen LogP contribution in [0, 0.1) is 19.7 Å². The van der Waals surface area contributed by atoms with E-state index in [1.165, 1.54) is 17.0 Å². The lowest BCUT2D eigenvalue weighted by Crippen LogP contribution is -2.38. The molecule has 2 aromatic rings. The quantitative estimate of drug-likeness (QED) is 0.253. The third kappa shape index (κ3) is 7.86. The summed E-state index contributed by atoms with van der Waals surface area (Å²) in [6.07, 6.45) is 0.820. The summed E-state index contributed by atoms with van der Waals surface area (Å²) in [6, 6.07) is 6.06. The van der Waals surface area contributed by atoms with Gasteiger partial charge in [0.1, 0.15) is 11.6 Å². The normalized spacial score (nSPS) is 11.0. The van der Waals surface area contributed by atoms with Gasteiger partial charge in [0.05, 0.1) is 23.9 Å². The third-order valence-electron chi connectivity index (χ3n) is 3.42. The Morgan fingerprint density at radius 3 is 2.58 bits per heavy atom. The molecule has 0 aliphatic carbocycles. The molecule has 0 saturated carbocycles. The molecule has 0 bridgehead atoms. The summed E-state index contributed by atoms with van der Waals surface area (Å²) in [6.45, 7) is 8.80. The van der Waals surface area contributed by atoms with Gasteiger partial charge in [0.15, 0.2) is 5.96 Å². The topological polar surface area (TPSA) is 58.5 Å². The highest BCUT2D eigenvalue weighted by Crippen LogP contribution is 2.17. The second-order valence-electron chi connectivity index (χ2n) is 5.52. The maximum Gasteiger partial charge on any atom is 0.191 e. The molecule has 1 aromatic heterocycles. The molecule has 2 N–H and O–H groups in total. The standard InChI is InChI=1S/C18H25FN4OS.HI/c1-4-20-18(22-12-17-13(2)23-14(3)25-17)21-10-5-11-24-16-8-6-15(19)7-9-16;/h6-9H,4-5,10-12H2,1-3H3,(H2,20,21,22);1H. The van der Waals surface area contributed by atoms with Crippen LogP contribution in [0.3, 0.4) is 0 Å². The van der Waals surface area contributed by atoms with Crippen LogP contribution >= 0.6 is 35.3 Å². The van der Waals surface area contributed by atoms with Crippen LogP contribution in [0.2, 0.25) is 0 Å². The molecule has 144 valence electrons. The zero-order chi connectivity index (χ0) is 18.1. The van der Waals surface area contributed by atoms with Crippen LogP contribution in [-0.2, 0) is 6.54 Å². The van der Waals surface area contributed by atoms with Gasteiger partial charge in [0.25, 0.3) is 0 Å². The minimum absolute atomic E-state index is 0. The number of hydrogen-bond donors (Lipinski definition) is 2. The first-order valence-electron chi connectivity index (χ1n) is 8.42. The van der Waals surface area contributed by atoms with E-state index in [4.69, 9.17) is 4.74 Å². The highest BCUT2D eigenvalue weighted by atomic mass is 127. The molecule has 0 atom stereocenters. The maximum atomic E-state index is 12.8. The maximum absolute atomic E-state index is 12.8. The second kappa shape index (κ2) is 12.1. The lowest BCUT2D eigenvalue weighted by Gasteiger charge is -2.11. The van der Waals surface area contributed by atoms with Crippen LogP contribution < -0.4 is 15.4 Å². The van der Waals surface area contributed by atoms with Crippen molar-refractivity contribution >= 4 is 41.3 Å². The summed E-state index contributed by atoms with van der Waals surface area (Å²) in [5.74, 6) is 1.21. The molecule has 2 rings (SSSR count). The van der Waals surface area contributed by atoms with Crippen LogP contribution in [0.1, 0.15) is 28.9 Å². The van der Waals surface area contributed by atoms with Crippen molar-refractivity contribution in [1.29, 1.82) is 0 Å². The number of aliphatic imine (C=N–C) groups is 1. The van der Waals surface area contributed by atoms with Crippen molar-refractivity contribution in [2.45, 2.75) is 33.7 Å². The summed E-state index contributed by atoms with van der Waals surface area (Å²) in [5, 5.41) is 7.60. The van der Waals surface area contributed by atoms with Gasteiger partial charge in [-0.25, -0.2) is 14.4 Å². The fourth-order valence-electron chi connectivity index (χ4n) is 2.21. The first-order chi connectivity index (χ1) is 12.1. The van der Waals surface area contributed by atoms with Gasteiger partial charge in [-0.2, -0.15) is 0 Å². The van der Waals surface area contributed by atoms with E-state index in [0.717, 1.165) is 36.2 Å². The summed E-state index contributed by atoms with van der Waals surface area (Å²) in [5.41, 5.74) is 1.05. The summed E-state index contributed by atoms with van der Waals surface area (Å²) < 4.78 is 18.4. The number of ether oxygens (including phenoxy) is 1. The van der Waals surface area contributed by atoms with Crippen molar-refractivity contribution in [3.63, 3.8) is 0 Å². The number of benzene rings is 1. The Morgan fingerprint density at radius 1 is 1.23 bits per heavy atom. The average molecular weight is 492 g/mol. The van der Waals surface area contributed by atoms with E-state index in [9.17, 15) is 4.39 Å². The minimum atomic E-state index is -0.258. The Bertz CT molecular complexity index is 691. The zero-order valence-electron chi connectivity index (χ0n) is 15.3. The third-order valence-corrected chi connectivity index (χ3v) is 4.48. The van der Waals surface area contributed by atoms with E-state index in [2.05, 4.69) is 20.6 Å². The lowest BCUT2D eigenvalue weighted by molar-refractivity contribution is 0.310. The van der Waals surface area contributed by atoms with E-state index in [-0.39, 0.29) is 29.8 Å². The van der Waals surface area contributed by atoms with E-state index in [0.29, 0.717) is 18.9 Å². The highest BCUT2D eigenvalue weighted by molar-refractivity contribution is 14.0. The second-order valence-corrected chi connectivity index (χ2v) is 6.81. The largest absolute Gasteiger partial charge is 0.494 e. The fraction of sp³-hybridized carbons (Fsp3) is 0.444. The predicted molar refractivity (Wildman–Crippen MR) is 116 cm³/mol. The number of nitrogens with zero attached hydrogens (tertiary/aromatic N) is 2. The summed E-state index contributed by atoms with van der Waals surface area (Å²) in [7, 11) is 0.